The fourth-order valence-corrected chi connectivity index (χ4v) is 2.17. The van der Waals surface area contributed by atoms with Gasteiger partial charge in [0.15, 0.2) is 0 Å². The quantitative estimate of drug-likeness (QED) is 0.207. The van der Waals surface area contributed by atoms with E-state index in [1.807, 2.05) is 0 Å². The molecule has 0 heterocycles. The molecule has 0 aromatic heterocycles. The van der Waals surface area contributed by atoms with Crippen LogP contribution in [0.4, 0.5) is 0 Å². The van der Waals surface area contributed by atoms with Crippen LogP contribution < -0.4 is 10.9 Å². The third-order valence-corrected chi connectivity index (χ3v) is 3.66. The number of hydrogen-bond acceptors (Lipinski definition) is 4. The second-order valence-corrected chi connectivity index (χ2v) is 6.39. The first-order valence-electron chi connectivity index (χ1n) is 8.59. The van der Waals surface area contributed by atoms with Crippen LogP contribution in [0.15, 0.2) is 47.1 Å². The lowest BCUT2D eigenvalue weighted by atomic mass is 10.0. The predicted octanol–water partition coefficient (Wildman–Crippen LogP) is 3.69. The summed E-state index contributed by atoms with van der Waals surface area (Å²) in [5.41, 5.74) is 6.44. The van der Waals surface area contributed by atoms with E-state index in [-0.39, 0.29) is 5.91 Å². The fourth-order valence-electron chi connectivity index (χ4n) is 2.17. The molecule has 0 aliphatic heterocycles. The Bertz CT molecular complexity index is 689. The average molecular weight is 357 g/mol. The minimum absolute atomic E-state index is 0.319. The Hall–Kier alpha value is -2.73. The van der Waals surface area contributed by atoms with Crippen molar-refractivity contribution < 1.29 is 14.8 Å². The minimum atomic E-state index is -0.636. The molecule has 0 radical (unpaired) electrons. The lowest BCUT2D eigenvalue weighted by Gasteiger charge is -2.06. The van der Waals surface area contributed by atoms with Gasteiger partial charge in [0.1, 0.15) is 0 Å². The highest BCUT2D eigenvalue weighted by Gasteiger charge is 2.04. The summed E-state index contributed by atoms with van der Waals surface area (Å²) in [5, 5.41) is 12.4. The van der Waals surface area contributed by atoms with E-state index in [1.54, 1.807) is 30.5 Å². The van der Waals surface area contributed by atoms with Crippen molar-refractivity contribution in [3.63, 3.8) is 0 Å². The van der Waals surface area contributed by atoms with Crippen LogP contribution in [0.2, 0.25) is 0 Å². The number of hydroxylamine groups is 1. The zero-order valence-electron chi connectivity index (χ0n) is 15.5. The molecule has 0 saturated carbocycles. The lowest BCUT2D eigenvalue weighted by molar-refractivity contribution is -0.124. The molecule has 0 spiro atoms. The Morgan fingerprint density at radius 3 is 2.77 bits per heavy atom. The van der Waals surface area contributed by atoms with Crippen molar-refractivity contribution in [3.05, 3.63) is 53.1 Å². The van der Waals surface area contributed by atoms with Gasteiger partial charge in [-0.1, -0.05) is 30.7 Å². The minimum Gasteiger partial charge on any atom is -0.288 e. The lowest BCUT2D eigenvalue weighted by Crippen LogP contribution is -2.17. The molecule has 1 aromatic rings. The average Bonchev–Trinajstić information content (AvgIpc) is 2.63. The summed E-state index contributed by atoms with van der Waals surface area (Å²) in [6, 6.07) is 6.75. The van der Waals surface area contributed by atoms with Crippen molar-refractivity contribution in [2.75, 3.05) is 0 Å². The third kappa shape index (κ3) is 8.94. The van der Waals surface area contributed by atoms with Crippen molar-refractivity contribution in [2.24, 2.45) is 11.0 Å². The molecular weight excluding hydrogens is 330 g/mol. The van der Waals surface area contributed by atoms with E-state index in [4.69, 9.17) is 5.21 Å². The van der Waals surface area contributed by atoms with E-state index in [0.29, 0.717) is 17.0 Å². The highest BCUT2D eigenvalue weighted by atomic mass is 16.5. The van der Waals surface area contributed by atoms with Crippen molar-refractivity contribution in [3.8, 4) is 0 Å². The number of carbonyl (C=O) groups is 2. The Morgan fingerprint density at radius 2 is 2.08 bits per heavy atom. The van der Waals surface area contributed by atoms with Crippen LogP contribution in [0.1, 0.15) is 56.0 Å². The summed E-state index contributed by atoms with van der Waals surface area (Å²) in [4.78, 5) is 23.1. The first-order valence-corrected chi connectivity index (χ1v) is 8.59. The third-order valence-electron chi connectivity index (χ3n) is 3.66. The Balaban J connectivity index is 2.49. The van der Waals surface area contributed by atoms with Crippen molar-refractivity contribution in [1.82, 2.24) is 10.9 Å². The van der Waals surface area contributed by atoms with Gasteiger partial charge in [0, 0.05) is 17.9 Å². The van der Waals surface area contributed by atoms with Gasteiger partial charge in [-0.15, -0.1) is 0 Å². The Kier molecular flexibility index (Phi) is 9.64. The van der Waals surface area contributed by atoms with E-state index in [0.717, 1.165) is 19.3 Å². The first kappa shape index (κ1) is 21.3. The van der Waals surface area contributed by atoms with Gasteiger partial charge in [-0.25, -0.2) is 10.9 Å². The van der Waals surface area contributed by atoms with Crippen LogP contribution in [0.3, 0.4) is 0 Å². The SMILES string of the molecule is CC(C)=CCC[C@@H](C)CC=NNC(=O)c1cccc(C=CC(=O)NO)c1. The molecule has 3 N–H and O–H groups in total. The largest absolute Gasteiger partial charge is 0.288 e. The van der Waals surface area contributed by atoms with Gasteiger partial charge in [0.05, 0.1) is 0 Å². The summed E-state index contributed by atoms with van der Waals surface area (Å²) in [6.07, 6.45) is 9.56. The molecule has 26 heavy (non-hydrogen) atoms. The molecular formula is C20H27N3O3. The van der Waals surface area contributed by atoms with Crippen LogP contribution in [-0.4, -0.2) is 23.2 Å². The Labute approximate surface area is 154 Å². The molecule has 1 atom stereocenters. The molecule has 0 saturated heterocycles. The van der Waals surface area contributed by atoms with E-state index >= 15 is 0 Å². The molecule has 140 valence electrons. The predicted molar refractivity (Wildman–Crippen MR) is 104 cm³/mol. The van der Waals surface area contributed by atoms with Gasteiger partial charge >= 0.3 is 0 Å². The molecule has 1 aromatic carbocycles. The molecule has 2 amide bonds. The summed E-state index contributed by atoms with van der Waals surface area (Å²) in [5.74, 6) is -0.458. The van der Waals surface area contributed by atoms with Crippen LogP contribution in [0.25, 0.3) is 6.08 Å². The number of benzene rings is 1. The van der Waals surface area contributed by atoms with E-state index in [9.17, 15) is 9.59 Å². The molecule has 6 nitrogen and oxygen atoms in total. The standard InChI is InChI=1S/C20H27N3O3/c1-15(2)6-4-7-16(3)12-13-21-22-20(25)18-9-5-8-17(14-18)10-11-19(24)23-26/h5-6,8-11,13-14,16,26H,4,7,12H2,1-3H3,(H,22,25)(H,23,24)/t16-/m1/s1. The Morgan fingerprint density at radius 1 is 1.31 bits per heavy atom. The number of amides is 2. The van der Waals surface area contributed by atoms with Crippen LogP contribution in [0, 0.1) is 5.92 Å². The van der Waals surface area contributed by atoms with E-state index < -0.39 is 5.91 Å². The van der Waals surface area contributed by atoms with Crippen LogP contribution in [-0.2, 0) is 4.79 Å². The zero-order chi connectivity index (χ0) is 19.4. The van der Waals surface area contributed by atoms with Crippen LogP contribution in [0.5, 0.6) is 0 Å². The summed E-state index contributed by atoms with van der Waals surface area (Å²) in [6.45, 7) is 6.34. The van der Waals surface area contributed by atoms with Crippen molar-refractivity contribution in [1.29, 1.82) is 0 Å². The summed E-state index contributed by atoms with van der Waals surface area (Å²) < 4.78 is 0. The maximum atomic E-state index is 12.1. The van der Waals surface area contributed by atoms with Gasteiger partial charge in [-0.3, -0.25) is 14.8 Å². The van der Waals surface area contributed by atoms with E-state index in [1.165, 1.54) is 23.2 Å². The number of hydrazone groups is 1. The van der Waals surface area contributed by atoms with Gasteiger partial charge in [-0.2, -0.15) is 5.10 Å². The number of rotatable bonds is 9. The second-order valence-electron chi connectivity index (χ2n) is 6.39. The monoisotopic (exact) mass is 357 g/mol. The van der Waals surface area contributed by atoms with Gasteiger partial charge < -0.3 is 0 Å². The number of carbonyl (C=O) groups excluding carboxylic acids is 2. The van der Waals surface area contributed by atoms with Gasteiger partial charge in [0.2, 0.25) is 0 Å². The summed E-state index contributed by atoms with van der Waals surface area (Å²) >= 11 is 0. The van der Waals surface area contributed by atoms with Crippen molar-refractivity contribution >= 4 is 24.1 Å². The zero-order valence-corrected chi connectivity index (χ0v) is 15.5. The highest BCUT2D eigenvalue weighted by molar-refractivity contribution is 5.95. The molecule has 0 fully saturated rings. The molecule has 0 bridgehead atoms. The normalized spacial score (nSPS) is 12.2. The first-order chi connectivity index (χ1) is 12.4. The second kappa shape index (κ2) is 11.8. The number of nitrogens with zero attached hydrogens (tertiary/aromatic N) is 1. The van der Waals surface area contributed by atoms with E-state index in [2.05, 4.69) is 37.4 Å². The number of nitrogens with one attached hydrogen (secondary N) is 2. The van der Waals surface area contributed by atoms with Gasteiger partial charge in [-0.05, 0) is 62.8 Å². The molecule has 1 rings (SSSR count). The highest BCUT2D eigenvalue weighted by Crippen LogP contribution is 2.10. The molecule has 6 heteroatoms. The smallest absolute Gasteiger partial charge is 0.271 e. The number of hydrogen-bond donors (Lipinski definition) is 3. The number of allylic oxidation sites excluding steroid dienone is 2. The topological polar surface area (TPSA) is 90.8 Å². The van der Waals surface area contributed by atoms with Crippen LogP contribution >= 0.6 is 0 Å². The maximum Gasteiger partial charge on any atom is 0.271 e. The maximum absolute atomic E-state index is 12.1. The van der Waals surface area contributed by atoms with Gasteiger partial charge in [0.25, 0.3) is 11.8 Å². The molecule has 0 aliphatic carbocycles. The molecule has 0 unspecified atom stereocenters. The fraction of sp³-hybridized carbons (Fsp3) is 0.350. The molecule has 0 aliphatic rings. The van der Waals surface area contributed by atoms with Crippen molar-refractivity contribution in [2.45, 2.75) is 40.0 Å². The summed E-state index contributed by atoms with van der Waals surface area (Å²) in [7, 11) is 0.